The summed E-state index contributed by atoms with van der Waals surface area (Å²) in [7, 11) is 5.04. The van der Waals surface area contributed by atoms with Gasteiger partial charge in [-0.25, -0.2) is 4.98 Å². The van der Waals surface area contributed by atoms with E-state index in [4.69, 9.17) is 28.7 Å². The van der Waals surface area contributed by atoms with Crippen LogP contribution in [-0.2, 0) is 32.7 Å². The van der Waals surface area contributed by atoms with Gasteiger partial charge in [-0.1, -0.05) is 54.6 Å². The Morgan fingerprint density at radius 1 is 0.792 bits per heavy atom. The van der Waals surface area contributed by atoms with E-state index in [1.807, 2.05) is 66.0 Å². The van der Waals surface area contributed by atoms with Gasteiger partial charge >= 0.3 is 0 Å². The molecule has 4 aromatic carbocycles. The highest BCUT2D eigenvalue weighted by molar-refractivity contribution is 7.09. The number of aromatic nitrogens is 1. The molecule has 9 nitrogen and oxygen atoms in total. The summed E-state index contributed by atoms with van der Waals surface area (Å²) in [5.74, 6) is 3.58. The Bertz CT molecular complexity index is 1810. The summed E-state index contributed by atoms with van der Waals surface area (Å²) in [5.41, 5.74) is 4.88. The van der Waals surface area contributed by atoms with Crippen LogP contribution in [0.5, 0.6) is 28.7 Å². The average molecular weight is 666 g/mol. The minimum atomic E-state index is -0.105. The van der Waals surface area contributed by atoms with Gasteiger partial charge in [-0.15, -0.1) is 11.3 Å². The van der Waals surface area contributed by atoms with Gasteiger partial charge in [0, 0.05) is 32.1 Å². The number of benzene rings is 4. The van der Waals surface area contributed by atoms with E-state index in [9.17, 15) is 4.79 Å². The first kappa shape index (κ1) is 32.9. The monoisotopic (exact) mass is 665 g/mol. The van der Waals surface area contributed by atoms with E-state index >= 15 is 0 Å². The van der Waals surface area contributed by atoms with Crippen LogP contribution in [0.4, 0.5) is 0 Å². The Balaban J connectivity index is 1.10. The number of thiazole rings is 1. The van der Waals surface area contributed by atoms with E-state index in [0.717, 1.165) is 44.5 Å². The molecule has 0 atom stereocenters. The van der Waals surface area contributed by atoms with Gasteiger partial charge in [-0.05, 0) is 65.1 Å². The zero-order valence-electron chi connectivity index (χ0n) is 27.4. The highest BCUT2D eigenvalue weighted by Crippen LogP contribution is 2.33. The summed E-state index contributed by atoms with van der Waals surface area (Å²) in [6, 6.07) is 30.2. The third kappa shape index (κ3) is 8.44. The van der Waals surface area contributed by atoms with Crippen molar-refractivity contribution in [2.75, 3.05) is 34.6 Å². The Kier molecular flexibility index (Phi) is 10.7. The molecule has 10 heteroatoms. The molecule has 1 aliphatic heterocycles. The lowest BCUT2D eigenvalue weighted by molar-refractivity contribution is 0.0791. The minimum Gasteiger partial charge on any atom is -0.493 e. The second-order valence-electron chi connectivity index (χ2n) is 11.5. The van der Waals surface area contributed by atoms with Crippen molar-refractivity contribution in [2.45, 2.75) is 32.7 Å². The van der Waals surface area contributed by atoms with Crippen molar-refractivity contribution in [3.05, 3.63) is 129 Å². The van der Waals surface area contributed by atoms with Crippen LogP contribution in [0.15, 0.2) is 96.4 Å². The topological polar surface area (TPSA) is 82.6 Å². The van der Waals surface area contributed by atoms with Crippen LogP contribution in [0.3, 0.4) is 0 Å². The van der Waals surface area contributed by atoms with E-state index in [2.05, 4.69) is 35.2 Å². The molecule has 0 saturated carbocycles. The molecule has 48 heavy (non-hydrogen) atoms. The minimum absolute atomic E-state index is 0.105. The molecule has 0 saturated heterocycles. The molecule has 1 aliphatic rings. The number of likely N-dealkylation sites (N-methyl/N-ethyl adjacent to an activating group) is 1. The third-order valence-corrected chi connectivity index (χ3v) is 8.91. The van der Waals surface area contributed by atoms with Crippen molar-refractivity contribution < 1.29 is 28.5 Å². The van der Waals surface area contributed by atoms with Gasteiger partial charge in [0.25, 0.3) is 5.91 Å². The van der Waals surface area contributed by atoms with Gasteiger partial charge < -0.3 is 28.6 Å². The first-order chi connectivity index (χ1) is 23.5. The van der Waals surface area contributed by atoms with Crippen LogP contribution < -0.4 is 23.7 Å². The number of amides is 1. The van der Waals surface area contributed by atoms with Crippen molar-refractivity contribution in [1.82, 2.24) is 14.8 Å². The molecular weight excluding hydrogens is 627 g/mol. The number of carbonyl (C=O) groups excluding carboxylic acids is 1. The second-order valence-corrected chi connectivity index (χ2v) is 12.5. The van der Waals surface area contributed by atoms with E-state index in [0.29, 0.717) is 56.4 Å². The maximum atomic E-state index is 13.3. The van der Waals surface area contributed by atoms with Gasteiger partial charge in [0.05, 0.1) is 20.8 Å². The number of methoxy groups -OCH3 is 2. The van der Waals surface area contributed by atoms with E-state index < -0.39 is 0 Å². The molecule has 5 aromatic rings. The summed E-state index contributed by atoms with van der Waals surface area (Å²) in [6.07, 6.45) is 0.680. The number of fused-ring (bicyclic) bond motifs is 1. The fraction of sp³-hybridized carbons (Fsp3) is 0.263. The first-order valence-corrected chi connectivity index (χ1v) is 16.6. The predicted molar refractivity (Wildman–Crippen MR) is 185 cm³/mol. The lowest BCUT2D eigenvalue weighted by atomic mass is 10.1. The Labute approximate surface area is 285 Å². The number of hydrogen-bond donors (Lipinski definition) is 0. The van der Waals surface area contributed by atoms with Crippen molar-refractivity contribution in [2.24, 2.45) is 0 Å². The SMILES string of the molecule is COc1ccc(CCN(C)C(=O)c2csc(CN(Cc3ccc(OCc4ccccc4)cc3)Cc3ccc4c(c3)OCO4)n2)cc1OC. The summed E-state index contributed by atoms with van der Waals surface area (Å²) < 4.78 is 27.9. The standard InChI is InChI=1S/C38H39N3O6S/c1-40(18-17-27-11-15-33(43-2)35(19-27)44-3)38(42)32-25-48-37(39-32)23-41(22-30-12-16-34-36(20-30)47-26-46-34)21-28-9-13-31(14-10-28)45-24-29-7-5-4-6-8-29/h4-16,19-20,25H,17-18,21-24,26H2,1-3H3. The number of carbonyl (C=O) groups is 1. The fourth-order valence-electron chi connectivity index (χ4n) is 5.46. The van der Waals surface area contributed by atoms with E-state index in [1.54, 1.807) is 26.2 Å². The van der Waals surface area contributed by atoms with Gasteiger partial charge in [-0.2, -0.15) is 0 Å². The van der Waals surface area contributed by atoms with E-state index in [-0.39, 0.29) is 12.7 Å². The zero-order chi connectivity index (χ0) is 33.3. The van der Waals surface area contributed by atoms with Crippen LogP contribution in [-0.4, -0.2) is 55.3 Å². The molecule has 2 heterocycles. The van der Waals surface area contributed by atoms with Crippen LogP contribution in [0.1, 0.15) is 37.7 Å². The quantitative estimate of drug-likeness (QED) is 0.118. The Hall–Kier alpha value is -5.06. The summed E-state index contributed by atoms with van der Waals surface area (Å²) in [5, 5.41) is 2.72. The molecule has 1 amide bonds. The molecule has 0 bridgehead atoms. The molecule has 0 fully saturated rings. The molecule has 1 aromatic heterocycles. The summed E-state index contributed by atoms with van der Waals surface area (Å²) >= 11 is 1.50. The molecule has 248 valence electrons. The largest absolute Gasteiger partial charge is 0.493 e. The van der Waals surface area contributed by atoms with Crippen LogP contribution >= 0.6 is 11.3 Å². The molecule has 0 aliphatic carbocycles. The first-order valence-electron chi connectivity index (χ1n) is 15.7. The number of ether oxygens (including phenoxy) is 5. The molecule has 0 N–H and O–H groups in total. The lowest BCUT2D eigenvalue weighted by Gasteiger charge is -2.22. The number of hydrogen-bond acceptors (Lipinski definition) is 9. The number of nitrogens with zero attached hydrogens (tertiary/aromatic N) is 3. The third-order valence-electron chi connectivity index (χ3n) is 8.08. The predicted octanol–water partition coefficient (Wildman–Crippen LogP) is 6.99. The van der Waals surface area contributed by atoms with Crippen molar-refractivity contribution in [1.29, 1.82) is 0 Å². The average Bonchev–Trinajstić information content (AvgIpc) is 3.80. The molecule has 0 spiro atoms. The summed E-state index contributed by atoms with van der Waals surface area (Å²) in [6.45, 7) is 3.22. The number of rotatable bonds is 15. The van der Waals surface area contributed by atoms with Crippen molar-refractivity contribution >= 4 is 17.2 Å². The molecule has 6 rings (SSSR count). The van der Waals surface area contributed by atoms with E-state index in [1.165, 1.54) is 11.3 Å². The van der Waals surface area contributed by atoms with Gasteiger partial charge in [-0.3, -0.25) is 9.69 Å². The molecule has 0 unspecified atom stereocenters. The Morgan fingerprint density at radius 3 is 2.31 bits per heavy atom. The maximum Gasteiger partial charge on any atom is 0.273 e. The van der Waals surface area contributed by atoms with Crippen LogP contribution in [0.25, 0.3) is 0 Å². The van der Waals surface area contributed by atoms with Gasteiger partial charge in [0.15, 0.2) is 23.0 Å². The van der Waals surface area contributed by atoms with Crippen LogP contribution in [0.2, 0.25) is 0 Å². The fourth-order valence-corrected chi connectivity index (χ4v) is 6.27. The van der Waals surface area contributed by atoms with Crippen molar-refractivity contribution in [3.63, 3.8) is 0 Å². The molecular formula is C38H39N3O6S. The van der Waals surface area contributed by atoms with Gasteiger partial charge in [0.2, 0.25) is 6.79 Å². The van der Waals surface area contributed by atoms with Crippen molar-refractivity contribution in [3.8, 4) is 28.7 Å². The smallest absolute Gasteiger partial charge is 0.273 e. The summed E-state index contributed by atoms with van der Waals surface area (Å²) in [4.78, 5) is 22.1. The Morgan fingerprint density at radius 2 is 1.52 bits per heavy atom. The normalized spacial score (nSPS) is 11.8. The second kappa shape index (κ2) is 15.7. The maximum absolute atomic E-state index is 13.3. The zero-order valence-corrected chi connectivity index (χ0v) is 28.2. The van der Waals surface area contributed by atoms with Crippen LogP contribution in [0, 0.1) is 0 Å². The van der Waals surface area contributed by atoms with Gasteiger partial charge in [0.1, 0.15) is 23.1 Å². The molecule has 0 radical (unpaired) electrons. The lowest BCUT2D eigenvalue weighted by Crippen LogP contribution is -2.29. The highest BCUT2D eigenvalue weighted by atomic mass is 32.1. The highest BCUT2D eigenvalue weighted by Gasteiger charge is 2.19.